The monoisotopic (exact) mass is 495 g/mol. The highest BCUT2D eigenvalue weighted by Crippen LogP contribution is 2.38. The van der Waals surface area contributed by atoms with Gasteiger partial charge in [0.25, 0.3) is 0 Å². The fourth-order valence-electron chi connectivity index (χ4n) is 4.55. The van der Waals surface area contributed by atoms with Gasteiger partial charge < -0.3 is 9.64 Å². The van der Waals surface area contributed by atoms with Gasteiger partial charge in [-0.2, -0.15) is 14.5 Å². The molecule has 0 amide bonds. The number of hydrogen-bond donors (Lipinski definition) is 0. The van der Waals surface area contributed by atoms with Crippen LogP contribution in [-0.2, 0) is 4.74 Å². The summed E-state index contributed by atoms with van der Waals surface area (Å²) in [6, 6.07) is 3.43. The van der Waals surface area contributed by atoms with Crippen molar-refractivity contribution in [3.63, 3.8) is 0 Å². The second kappa shape index (κ2) is 8.51. The van der Waals surface area contributed by atoms with Crippen LogP contribution >= 0.6 is 0 Å². The predicted octanol–water partition coefficient (Wildman–Crippen LogP) is 4.62. The van der Waals surface area contributed by atoms with Gasteiger partial charge in [-0.05, 0) is 45.7 Å². The molecular weight excluding hydrogens is 471 g/mol. The van der Waals surface area contributed by atoms with Gasteiger partial charge in [-0.1, -0.05) is 0 Å². The maximum Gasteiger partial charge on any atom is 0.228 e. The Bertz CT molecular complexity index is 1490. The Kier molecular flexibility index (Phi) is 5.40. The van der Waals surface area contributed by atoms with Gasteiger partial charge in [0, 0.05) is 18.2 Å². The van der Waals surface area contributed by atoms with E-state index in [-0.39, 0.29) is 41.8 Å². The van der Waals surface area contributed by atoms with Gasteiger partial charge in [0.05, 0.1) is 41.8 Å². The van der Waals surface area contributed by atoms with Crippen LogP contribution in [0.1, 0.15) is 48.9 Å². The van der Waals surface area contributed by atoms with E-state index in [1.54, 1.807) is 6.92 Å². The van der Waals surface area contributed by atoms with Crippen LogP contribution in [-0.4, -0.2) is 48.9 Å². The molecule has 186 valence electrons. The van der Waals surface area contributed by atoms with Crippen LogP contribution in [0, 0.1) is 31.4 Å². The summed E-state index contributed by atoms with van der Waals surface area (Å²) in [6.45, 7) is 6.20. The van der Waals surface area contributed by atoms with Gasteiger partial charge in [0.15, 0.2) is 5.65 Å². The van der Waals surface area contributed by atoms with Crippen molar-refractivity contribution in [2.45, 2.75) is 51.9 Å². The summed E-state index contributed by atoms with van der Waals surface area (Å²) in [5.74, 6) is -1.55. The van der Waals surface area contributed by atoms with Gasteiger partial charge in [-0.15, -0.1) is 0 Å². The molecule has 0 N–H and O–H groups in total. The minimum Gasteiger partial charge on any atom is -0.367 e. The molecule has 2 atom stereocenters. The van der Waals surface area contributed by atoms with Gasteiger partial charge in [-0.3, -0.25) is 0 Å². The highest BCUT2D eigenvalue weighted by atomic mass is 19.1. The molecule has 8 nitrogen and oxygen atoms in total. The van der Waals surface area contributed by atoms with Gasteiger partial charge >= 0.3 is 0 Å². The van der Waals surface area contributed by atoms with Crippen molar-refractivity contribution < 1.29 is 17.9 Å². The fraction of sp³-hybridized carbons (Fsp3) is 0.400. The summed E-state index contributed by atoms with van der Waals surface area (Å²) in [4.78, 5) is 20.3. The van der Waals surface area contributed by atoms with Crippen LogP contribution < -0.4 is 4.90 Å². The third kappa shape index (κ3) is 3.97. The smallest absolute Gasteiger partial charge is 0.228 e. The zero-order valence-electron chi connectivity index (χ0n) is 20.0. The Morgan fingerprint density at radius 1 is 0.972 bits per heavy atom. The Morgan fingerprint density at radius 3 is 2.50 bits per heavy atom. The molecule has 1 aliphatic heterocycles. The van der Waals surface area contributed by atoms with E-state index in [0.29, 0.717) is 34.7 Å². The highest BCUT2D eigenvalue weighted by Gasteiger charge is 2.35. The number of anilines is 1. The van der Waals surface area contributed by atoms with Crippen LogP contribution in [0.15, 0.2) is 24.4 Å². The average molecular weight is 496 g/mol. The maximum absolute atomic E-state index is 15.1. The Morgan fingerprint density at radius 2 is 1.75 bits per heavy atom. The van der Waals surface area contributed by atoms with E-state index in [0.717, 1.165) is 18.9 Å². The van der Waals surface area contributed by atoms with Crippen LogP contribution in [0.3, 0.4) is 0 Å². The van der Waals surface area contributed by atoms with E-state index in [1.165, 1.54) is 23.0 Å². The third-order valence-electron chi connectivity index (χ3n) is 6.66. The first kappa shape index (κ1) is 22.8. The number of nitrogens with zero attached hydrogens (tertiary/aromatic N) is 7. The lowest BCUT2D eigenvalue weighted by atomic mass is 10.1. The van der Waals surface area contributed by atoms with Gasteiger partial charge in [0.2, 0.25) is 11.9 Å². The van der Waals surface area contributed by atoms with Gasteiger partial charge in [0.1, 0.15) is 28.9 Å². The molecule has 6 rings (SSSR count). The summed E-state index contributed by atoms with van der Waals surface area (Å²) < 4.78 is 51.1. The predicted molar refractivity (Wildman–Crippen MR) is 126 cm³/mol. The maximum atomic E-state index is 15.1. The quantitative estimate of drug-likeness (QED) is 0.409. The molecule has 1 saturated heterocycles. The number of morpholine rings is 1. The summed E-state index contributed by atoms with van der Waals surface area (Å²) >= 11 is 0. The van der Waals surface area contributed by atoms with Crippen LogP contribution in [0.5, 0.6) is 0 Å². The van der Waals surface area contributed by atoms with Crippen LogP contribution in [0.4, 0.5) is 19.1 Å². The van der Waals surface area contributed by atoms with Crippen molar-refractivity contribution in [3.8, 4) is 11.3 Å². The number of fused-ring (bicyclic) bond motifs is 1. The van der Waals surface area contributed by atoms with E-state index in [4.69, 9.17) is 4.74 Å². The Labute approximate surface area is 205 Å². The molecule has 0 radical (unpaired) electrons. The average Bonchev–Trinajstić information content (AvgIpc) is 3.60. The summed E-state index contributed by atoms with van der Waals surface area (Å²) in [7, 11) is 0. The largest absolute Gasteiger partial charge is 0.367 e. The van der Waals surface area contributed by atoms with Crippen molar-refractivity contribution in [2.75, 3.05) is 18.0 Å². The van der Waals surface area contributed by atoms with E-state index in [9.17, 15) is 8.78 Å². The van der Waals surface area contributed by atoms with Crippen molar-refractivity contribution in [1.29, 1.82) is 0 Å². The van der Waals surface area contributed by atoms with E-state index in [1.807, 2.05) is 18.7 Å². The fourth-order valence-corrected chi connectivity index (χ4v) is 4.55. The third-order valence-corrected chi connectivity index (χ3v) is 6.66. The van der Waals surface area contributed by atoms with Crippen LogP contribution in [0.2, 0.25) is 0 Å². The molecule has 2 aliphatic rings. The van der Waals surface area contributed by atoms with Crippen LogP contribution in [0.25, 0.3) is 22.4 Å². The minimum atomic E-state index is -0.760. The second-order valence-electron chi connectivity index (χ2n) is 9.47. The SMILES string of the molecule is Cc1nc2nc(N3CC(C)OC(c4cnn(C5CC5)c4F)C3)nc(-c3ccc(F)cc3F)c2nc1C. The molecule has 0 spiro atoms. The zero-order chi connectivity index (χ0) is 25.1. The second-order valence-corrected chi connectivity index (χ2v) is 9.47. The molecule has 1 aliphatic carbocycles. The zero-order valence-corrected chi connectivity index (χ0v) is 20.0. The minimum absolute atomic E-state index is 0.0946. The highest BCUT2D eigenvalue weighted by molar-refractivity contribution is 5.88. The first-order valence-corrected chi connectivity index (χ1v) is 11.9. The van der Waals surface area contributed by atoms with E-state index in [2.05, 4.69) is 25.0 Å². The Hall–Kier alpha value is -3.60. The summed E-state index contributed by atoms with van der Waals surface area (Å²) in [5.41, 5.74) is 2.65. The Balaban J connectivity index is 1.44. The molecule has 36 heavy (non-hydrogen) atoms. The number of benzene rings is 1. The lowest BCUT2D eigenvalue weighted by Crippen LogP contribution is -2.44. The number of aryl methyl sites for hydroxylation is 2. The van der Waals surface area contributed by atoms with Crippen molar-refractivity contribution in [3.05, 3.63) is 58.9 Å². The topological polar surface area (TPSA) is 81.9 Å². The molecular formula is C25H24F3N7O. The number of halogens is 3. The standard InChI is InChI=1S/C25H24F3N7O/c1-12-10-34(11-20(36-12)18-9-29-35(23(18)28)16-5-6-16)25-32-21(17-7-4-15(26)8-19(17)27)22-24(33-25)31-14(3)13(2)30-22/h4,7-9,12,16,20H,5-6,10-11H2,1-3H3. The molecule has 4 heterocycles. The first-order chi connectivity index (χ1) is 17.3. The molecule has 1 saturated carbocycles. The molecule has 11 heteroatoms. The molecule has 3 aromatic heterocycles. The summed E-state index contributed by atoms with van der Waals surface area (Å²) in [5, 5.41) is 4.23. The van der Waals surface area contributed by atoms with Crippen molar-refractivity contribution in [1.82, 2.24) is 29.7 Å². The molecule has 1 aromatic carbocycles. The molecule has 2 unspecified atom stereocenters. The number of rotatable bonds is 4. The number of ether oxygens (including phenoxy) is 1. The summed E-state index contributed by atoms with van der Waals surface area (Å²) in [6.07, 6.45) is 2.51. The molecule has 0 bridgehead atoms. The van der Waals surface area contributed by atoms with Gasteiger partial charge in [-0.25, -0.2) is 28.4 Å². The van der Waals surface area contributed by atoms with Crippen molar-refractivity contribution >= 4 is 17.1 Å². The normalized spacial score (nSPS) is 20.3. The first-order valence-electron chi connectivity index (χ1n) is 11.9. The van der Waals surface area contributed by atoms with Crippen molar-refractivity contribution in [2.24, 2.45) is 0 Å². The van der Waals surface area contributed by atoms with E-state index >= 15 is 4.39 Å². The number of aromatic nitrogens is 6. The lowest BCUT2D eigenvalue weighted by molar-refractivity contribution is -0.0197. The lowest BCUT2D eigenvalue weighted by Gasteiger charge is -2.36. The molecule has 4 aromatic rings. The number of hydrogen-bond acceptors (Lipinski definition) is 7. The van der Waals surface area contributed by atoms with E-state index < -0.39 is 17.7 Å². The molecule has 2 fully saturated rings.